The monoisotopic (exact) mass is 519 g/mol. The van der Waals surface area contributed by atoms with Gasteiger partial charge in [-0.2, -0.15) is 4.31 Å². The summed E-state index contributed by atoms with van der Waals surface area (Å²) in [6.07, 6.45) is 0.204. The summed E-state index contributed by atoms with van der Waals surface area (Å²) in [7, 11) is -2.43. The summed E-state index contributed by atoms with van der Waals surface area (Å²) in [5, 5.41) is 0. The van der Waals surface area contributed by atoms with Crippen LogP contribution in [0.15, 0.2) is 83.8 Å². The molecule has 2 saturated heterocycles. The lowest BCUT2D eigenvalue weighted by molar-refractivity contribution is -0.121. The number of methoxy groups -OCH3 is 1. The average Bonchev–Trinajstić information content (AvgIpc) is 3.27. The number of anilines is 1. The molecule has 2 fully saturated rings. The van der Waals surface area contributed by atoms with Crippen molar-refractivity contribution in [2.75, 3.05) is 38.2 Å². The van der Waals surface area contributed by atoms with Gasteiger partial charge in [-0.15, -0.1) is 0 Å². The van der Waals surface area contributed by atoms with Gasteiger partial charge < -0.3 is 4.74 Å². The summed E-state index contributed by atoms with van der Waals surface area (Å²) in [5.74, 6) is -0.445. The fourth-order valence-electron chi connectivity index (χ4n) is 5.09. The first-order valence-electron chi connectivity index (χ1n) is 12.3. The number of carbonyl (C=O) groups excluding carboxylic acids is 2. The van der Waals surface area contributed by atoms with Crippen LogP contribution in [0.25, 0.3) is 0 Å². The van der Waals surface area contributed by atoms with Gasteiger partial charge in [0.2, 0.25) is 21.8 Å². The highest BCUT2D eigenvalue weighted by Crippen LogP contribution is 2.36. The van der Waals surface area contributed by atoms with Crippen LogP contribution in [0.4, 0.5) is 5.69 Å². The maximum Gasteiger partial charge on any atom is 0.243 e. The fraction of sp³-hybridized carbons (Fsp3) is 0.286. The van der Waals surface area contributed by atoms with Crippen molar-refractivity contribution in [3.8, 4) is 5.75 Å². The third kappa shape index (κ3) is 4.90. The van der Waals surface area contributed by atoms with Gasteiger partial charge in [0.1, 0.15) is 5.75 Å². The van der Waals surface area contributed by atoms with Crippen molar-refractivity contribution in [3.05, 3.63) is 90.0 Å². The second-order valence-corrected chi connectivity index (χ2v) is 11.1. The molecule has 3 aromatic carbocycles. The topological polar surface area (TPSA) is 87.2 Å². The van der Waals surface area contributed by atoms with Crippen molar-refractivity contribution in [1.82, 2.24) is 9.21 Å². The first kappa shape index (κ1) is 25.1. The Kier molecular flexibility index (Phi) is 7.10. The molecule has 0 aromatic heterocycles. The van der Waals surface area contributed by atoms with E-state index in [4.69, 9.17) is 4.74 Å². The molecule has 2 heterocycles. The second kappa shape index (κ2) is 10.5. The Bertz CT molecular complexity index is 1330. The molecule has 0 atom stereocenters. The Morgan fingerprint density at radius 1 is 0.757 bits per heavy atom. The second-order valence-electron chi connectivity index (χ2n) is 9.12. The van der Waals surface area contributed by atoms with Gasteiger partial charge in [-0.25, -0.2) is 13.3 Å². The van der Waals surface area contributed by atoms with Crippen molar-refractivity contribution in [2.24, 2.45) is 0 Å². The Morgan fingerprint density at radius 3 is 1.81 bits per heavy atom. The summed E-state index contributed by atoms with van der Waals surface area (Å²) < 4.78 is 34.0. The minimum Gasteiger partial charge on any atom is -0.495 e. The Hall–Kier alpha value is -3.53. The molecule has 192 valence electrons. The number of sulfonamides is 1. The van der Waals surface area contributed by atoms with Gasteiger partial charge in [-0.3, -0.25) is 14.5 Å². The highest BCUT2D eigenvalue weighted by Gasteiger charge is 2.36. The van der Waals surface area contributed by atoms with Crippen molar-refractivity contribution in [3.63, 3.8) is 0 Å². The number of ether oxygens (including phenoxy) is 1. The number of amides is 2. The van der Waals surface area contributed by atoms with Crippen LogP contribution in [-0.4, -0.2) is 62.7 Å². The SMILES string of the molecule is COc1ccc(S(=O)(=O)N2CCN(C(c3ccccc3)c3ccccc3)CC2)cc1N1C(=O)CCC1=O. The fourth-order valence-corrected chi connectivity index (χ4v) is 6.53. The quantitative estimate of drug-likeness (QED) is 0.445. The molecule has 0 unspecified atom stereocenters. The molecule has 3 aromatic rings. The molecular weight excluding hydrogens is 490 g/mol. The molecule has 2 aliphatic heterocycles. The Labute approximate surface area is 217 Å². The van der Waals surface area contributed by atoms with Crippen molar-refractivity contribution in [2.45, 2.75) is 23.8 Å². The van der Waals surface area contributed by atoms with Gasteiger partial charge in [-0.05, 0) is 29.3 Å². The zero-order valence-corrected chi connectivity index (χ0v) is 21.4. The molecule has 0 aliphatic carbocycles. The van der Waals surface area contributed by atoms with Crippen LogP contribution >= 0.6 is 0 Å². The average molecular weight is 520 g/mol. The van der Waals surface area contributed by atoms with E-state index in [9.17, 15) is 18.0 Å². The largest absolute Gasteiger partial charge is 0.495 e. The van der Waals surface area contributed by atoms with Gasteiger partial charge >= 0.3 is 0 Å². The van der Waals surface area contributed by atoms with Gasteiger partial charge in [0, 0.05) is 39.0 Å². The lowest BCUT2D eigenvalue weighted by atomic mass is 9.96. The standard InChI is InChI=1S/C28H29N3O5S/c1-36-25-13-12-23(20-24(25)31-26(32)14-15-27(31)33)37(34,35)30-18-16-29(17-19-30)28(21-8-4-2-5-9-21)22-10-6-3-7-11-22/h2-13,20,28H,14-19H2,1H3. The van der Waals surface area contributed by atoms with Gasteiger partial charge in [0.15, 0.2) is 0 Å². The number of benzene rings is 3. The predicted molar refractivity (Wildman–Crippen MR) is 140 cm³/mol. The zero-order chi connectivity index (χ0) is 26.0. The van der Waals surface area contributed by atoms with Crippen LogP contribution in [0.5, 0.6) is 5.75 Å². The minimum atomic E-state index is -3.85. The summed E-state index contributed by atoms with van der Waals surface area (Å²) in [5.41, 5.74) is 2.48. The molecule has 0 saturated carbocycles. The number of piperazine rings is 1. The molecule has 2 amide bonds. The van der Waals surface area contributed by atoms with E-state index in [0.717, 1.165) is 16.0 Å². The third-order valence-electron chi connectivity index (χ3n) is 6.95. The van der Waals surface area contributed by atoms with E-state index in [0.29, 0.717) is 26.2 Å². The lowest BCUT2D eigenvalue weighted by Crippen LogP contribution is -2.49. The van der Waals surface area contributed by atoms with E-state index in [-0.39, 0.29) is 47.0 Å². The van der Waals surface area contributed by atoms with Gasteiger partial charge in [0.25, 0.3) is 0 Å². The Balaban J connectivity index is 1.39. The number of hydrogen-bond acceptors (Lipinski definition) is 6. The third-order valence-corrected chi connectivity index (χ3v) is 8.84. The normalized spacial score (nSPS) is 17.5. The van der Waals surface area contributed by atoms with Crippen LogP contribution in [-0.2, 0) is 19.6 Å². The van der Waals surface area contributed by atoms with Crippen molar-refractivity contribution in [1.29, 1.82) is 0 Å². The number of rotatable bonds is 7. The summed E-state index contributed by atoms with van der Waals surface area (Å²) in [6, 6.07) is 24.8. The molecule has 5 rings (SSSR count). The van der Waals surface area contributed by atoms with E-state index in [1.165, 1.54) is 29.6 Å². The van der Waals surface area contributed by atoms with Crippen LogP contribution in [0, 0.1) is 0 Å². The van der Waals surface area contributed by atoms with Crippen LogP contribution in [0.3, 0.4) is 0 Å². The summed E-state index contributed by atoms with van der Waals surface area (Å²) >= 11 is 0. The zero-order valence-electron chi connectivity index (χ0n) is 20.6. The first-order chi connectivity index (χ1) is 17.9. The molecule has 0 radical (unpaired) electrons. The van der Waals surface area contributed by atoms with Crippen molar-refractivity contribution >= 4 is 27.5 Å². The van der Waals surface area contributed by atoms with E-state index in [1.54, 1.807) is 0 Å². The molecule has 0 spiro atoms. The van der Waals surface area contributed by atoms with E-state index < -0.39 is 10.0 Å². The van der Waals surface area contributed by atoms with E-state index >= 15 is 0 Å². The summed E-state index contributed by atoms with van der Waals surface area (Å²) in [4.78, 5) is 28.0. The van der Waals surface area contributed by atoms with Crippen LogP contribution < -0.4 is 9.64 Å². The first-order valence-corrected chi connectivity index (χ1v) is 13.7. The predicted octanol–water partition coefficient (Wildman–Crippen LogP) is 3.44. The summed E-state index contributed by atoms with van der Waals surface area (Å²) in [6.45, 7) is 1.75. The number of hydrogen-bond donors (Lipinski definition) is 0. The number of nitrogens with zero attached hydrogens (tertiary/aromatic N) is 3. The highest BCUT2D eigenvalue weighted by atomic mass is 32.2. The van der Waals surface area contributed by atoms with Gasteiger partial charge in [-0.1, -0.05) is 60.7 Å². The maximum atomic E-state index is 13.6. The van der Waals surface area contributed by atoms with Crippen LogP contribution in [0.2, 0.25) is 0 Å². The molecule has 9 heteroatoms. The maximum absolute atomic E-state index is 13.6. The molecule has 0 bridgehead atoms. The molecule has 0 N–H and O–H groups in total. The number of imide groups is 1. The molecule has 8 nitrogen and oxygen atoms in total. The minimum absolute atomic E-state index is 0.0204. The van der Waals surface area contributed by atoms with E-state index in [2.05, 4.69) is 29.2 Å². The molecule has 37 heavy (non-hydrogen) atoms. The van der Waals surface area contributed by atoms with E-state index in [1.807, 2.05) is 36.4 Å². The number of carbonyl (C=O) groups is 2. The van der Waals surface area contributed by atoms with Crippen molar-refractivity contribution < 1.29 is 22.7 Å². The molecular formula is C28H29N3O5S. The smallest absolute Gasteiger partial charge is 0.243 e. The lowest BCUT2D eigenvalue weighted by Gasteiger charge is -2.39. The Morgan fingerprint density at radius 2 is 1.30 bits per heavy atom. The molecule has 2 aliphatic rings. The highest BCUT2D eigenvalue weighted by molar-refractivity contribution is 7.89. The van der Waals surface area contributed by atoms with Gasteiger partial charge in [0.05, 0.1) is 23.7 Å². The van der Waals surface area contributed by atoms with Crippen LogP contribution in [0.1, 0.15) is 30.0 Å².